The molecule has 0 amide bonds. The van der Waals surface area contributed by atoms with Crippen molar-refractivity contribution >= 4 is 11.2 Å². The van der Waals surface area contributed by atoms with Crippen LogP contribution in [0.25, 0.3) is 22.4 Å². The maximum absolute atomic E-state index is 4.81. The molecule has 0 fully saturated rings. The summed E-state index contributed by atoms with van der Waals surface area (Å²) >= 11 is 0. The third-order valence-electron chi connectivity index (χ3n) is 4.62. The van der Waals surface area contributed by atoms with Crippen molar-refractivity contribution in [3.05, 3.63) is 46.8 Å². The number of fused-ring (bicyclic) bond motifs is 2. The third kappa shape index (κ3) is 2.11. The predicted molar refractivity (Wildman–Crippen MR) is 88.8 cm³/mol. The molecular formula is C18H20N4. The van der Waals surface area contributed by atoms with Gasteiger partial charge < -0.3 is 9.88 Å². The first-order valence-electron chi connectivity index (χ1n) is 7.74. The van der Waals surface area contributed by atoms with Crippen molar-refractivity contribution in [3.63, 3.8) is 0 Å². The monoisotopic (exact) mass is 292 g/mol. The van der Waals surface area contributed by atoms with Crippen molar-refractivity contribution in [2.24, 2.45) is 0 Å². The molecule has 22 heavy (non-hydrogen) atoms. The molecule has 0 aliphatic carbocycles. The molecule has 1 aromatic carbocycles. The van der Waals surface area contributed by atoms with E-state index < -0.39 is 0 Å². The van der Waals surface area contributed by atoms with Gasteiger partial charge in [-0.2, -0.15) is 0 Å². The molecule has 1 aliphatic rings. The van der Waals surface area contributed by atoms with E-state index in [9.17, 15) is 0 Å². The number of benzene rings is 1. The highest BCUT2D eigenvalue weighted by Crippen LogP contribution is 2.28. The maximum atomic E-state index is 4.81. The second-order valence-corrected chi connectivity index (χ2v) is 6.34. The summed E-state index contributed by atoms with van der Waals surface area (Å²) in [5, 5.41) is 0. The van der Waals surface area contributed by atoms with E-state index in [0.29, 0.717) is 0 Å². The minimum Gasteiger partial charge on any atom is -0.345 e. The first-order chi connectivity index (χ1) is 10.6. The van der Waals surface area contributed by atoms with Gasteiger partial charge >= 0.3 is 0 Å². The Kier molecular flexibility index (Phi) is 3.01. The summed E-state index contributed by atoms with van der Waals surface area (Å²) in [5.74, 6) is 0. The van der Waals surface area contributed by atoms with E-state index in [1.54, 1.807) is 0 Å². The molecule has 4 heteroatoms. The number of aryl methyl sites for hydroxylation is 2. The predicted octanol–water partition coefficient (Wildman–Crippen LogP) is 3.23. The van der Waals surface area contributed by atoms with Crippen molar-refractivity contribution in [1.82, 2.24) is 19.9 Å². The zero-order valence-electron chi connectivity index (χ0n) is 13.3. The Morgan fingerprint density at radius 1 is 1.18 bits per heavy atom. The zero-order valence-corrected chi connectivity index (χ0v) is 13.3. The van der Waals surface area contributed by atoms with Gasteiger partial charge in [0.1, 0.15) is 5.52 Å². The van der Waals surface area contributed by atoms with Gasteiger partial charge in [-0.1, -0.05) is 0 Å². The molecule has 0 bridgehead atoms. The van der Waals surface area contributed by atoms with Crippen molar-refractivity contribution in [2.75, 3.05) is 13.6 Å². The molecule has 4 rings (SSSR count). The van der Waals surface area contributed by atoms with Crippen molar-refractivity contribution in [2.45, 2.75) is 26.8 Å². The van der Waals surface area contributed by atoms with Crippen LogP contribution in [0.2, 0.25) is 0 Å². The largest absolute Gasteiger partial charge is 0.345 e. The Morgan fingerprint density at radius 3 is 2.91 bits per heavy atom. The van der Waals surface area contributed by atoms with Gasteiger partial charge in [0, 0.05) is 24.8 Å². The van der Waals surface area contributed by atoms with Gasteiger partial charge in [0.15, 0.2) is 5.65 Å². The average Bonchev–Trinajstić information content (AvgIpc) is 2.89. The highest BCUT2D eigenvalue weighted by atomic mass is 15.1. The van der Waals surface area contributed by atoms with Crippen LogP contribution in [-0.4, -0.2) is 33.4 Å². The fourth-order valence-corrected chi connectivity index (χ4v) is 3.30. The molecule has 2 aromatic heterocycles. The number of aromatic amines is 1. The number of hydrogen-bond acceptors (Lipinski definition) is 3. The van der Waals surface area contributed by atoms with Gasteiger partial charge in [-0.3, -0.25) is 0 Å². The molecule has 4 nitrogen and oxygen atoms in total. The standard InChI is InChI=1S/C18H20N4/c1-11-6-14(7-13-4-5-22(3)10-15(11)13)16-9-20-18-17(21-16)12(2)8-19-18/h6-9H,4-5,10H2,1-3H3,(H,19,20). The minimum atomic E-state index is 0.859. The lowest BCUT2D eigenvalue weighted by atomic mass is 9.92. The second kappa shape index (κ2) is 4.92. The lowest BCUT2D eigenvalue weighted by Crippen LogP contribution is -2.27. The molecule has 0 unspecified atom stereocenters. The van der Waals surface area contributed by atoms with Crippen LogP contribution >= 0.6 is 0 Å². The molecule has 3 aromatic rings. The Labute approximate surface area is 130 Å². The fraction of sp³-hybridized carbons (Fsp3) is 0.333. The van der Waals surface area contributed by atoms with Crippen LogP contribution in [0.5, 0.6) is 0 Å². The summed E-state index contributed by atoms with van der Waals surface area (Å²) in [6.07, 6.45) is 4.94. The van der Waals surface area contributed by atoms with Crippen LogP contribution in [-0.2, 0) is 13.0 Å². The molecule has 0 saturated carbocycles. The van der Waals surface area contributed by atoms with Crippen LogP contribution in [0.4, 0.5) is 0 Å². The molecule has 112 valence electrons. The van der Waals surface area contributed by atoms with Gasteiger partial charge in [0.05, 0.1) is 11.9 Å². The van der Waals surface area contributed by atoms with Gasteiger partial charge in [-0.25, -0.2) is 9.97 Å². The van der Waals surface area contributed by atoms with E-state index in [1.165, 1.54) is 22.3 Å². The summed E-state index contributed by atoms with van der Waals surface area (Å²) in [6.45, 7) is 6.43. The topological polar surface area (TPSA) is 44.8 Å². The maximum Gasteiger partial charge on any atom is 0.156 e. The molecule has 1 N–H and O–H groups in total. The first kappa shape index (κ1) is 13.5. The minimum absolute atomic E-state index is 0.859. The average molecular weight is 292 g/mol. The molecule has 0 atom stereocenters. The number of aromatic nitrogens is 3. The lowest BCUT2D eigenvalue weighted by Gasteiger charge is -2.27. The van der Waals surface area contributed by atoms with E-state index >= 15 is 0 Å². The van der Waals surface area contributed by atoms with Crippen molar-refractivity contribution in [3.8, 4) is 11.3 Å². The number of nitrogens with one attached hydrogen (secondary N) is 1. The fourth-order valence-electron chi connectivity index (χ4n) is 3.30. The highest BCUT2D eigenvalue weighted by molar-refractivity contribution is 5.78. The number of rotatable bonds is 1. The highest BCUT2D eigenvalue weighted by Gasteiger charge is 2.17. The van der Waals surface area contributed by atoms with E-state index in [0.717, 1.165) is 41.9 Å². The van der Waals surface area contributed by atoms with Gasteiger partial charge in [0.2, 0.25) is 0 Å². The normalized spacial score (nSPS) is 15.2. The smallest absolute Gasteiger partial charge is 0.156 e. The summed E-state index contributed by atoms with van der Waals surface area (Å²) in [4.78, 5) is 14.8. The number of likely N-dealkylation sites (N-methyl/N-ethyl adjacent to an activating group) is 1. The summed E-state index contributed by atoms with van der Waals surface area (Å²) < 4.78 is 0. The Bertz CT molecular complexity index is 863. The number of H-pyrrole nitrogens is 1. The van der Waals surface area contributed by atoms with E-state index in [4.69, 9.17) is 4.98 Å². The molecule has 0 saturated heterocycles. The third-order valence-corrected chi connectivity index (χ3v) is 4.62. The SMILES string of the molecule is Cc1cc(-c2cnc3[nH]cc(C)c3n2)cc2c1CN(C)CC2. The van der Waals surface area contributed by atoms with Crippen LogP contribution in [0, 0.1) is 13.8 Å². The van der Waals surface area contributed by atoms with Crippen LogP contribution < -0.4 is 0 Å². The molecule has 0 spiro atoms. The first-order valence-corrected chi connectivity index (χ1v) is 7.74. The quantitative estimate of drug-likeness (QED) is 0.749. The van der Waals surface area contributed by atoms with Crippen LogP contribution in [0.15, 0.2) is 24.5 Å². The Morgan fingerprint density at radius 2 is 2.05 bits per heavy atom. The van der Waals surface area contributed by atoms with E-state index in [2.05, 4.69) is 47.9 Å². The molecule has 3 heterocycles. The molecular weight excluding hydrogens is 272 g/mol. The van der Waals surface area contributed by atoms with Crippen LogP contribution in [0.3, 0.4) is 0 Å². The van der Waals surface area contributed by atoms with Crippen molar-refractivity contribution < 1.29 is 0 Å². The number of nitrogens with zero attached hydrogens (tertiary/aromatic N) is 3. The van der Waals surface area contributed by atoms with E-state index in [-0.39, 0.29) is 0 Å². The van der Waals surface area contributed by atoms with Crippen LogP contribution in [0.1, 0.15) is 22.3 Å². The van der Waals surface area contributed by atoms with Gasteiger partial charge in [-0.05, 0) is 61.7 Å². The van der Waals surface area contributed by atoms with Gasteiger partial charge in [-0.15, -0.1) is 0 Å². The van der Waals surface area contributed by atoms with Crippen molar-refractivity contribution in [1.29, 1.82) is 0 Å². The zero-order chi connectivity index (χ0) is 15.3. The van der Waals surface area contributed by atoms with E-state index in [1.807, 2.05) is 12.4 Å². The summed E-state index contributed by atoms with van der Waals surface area (Å²) in [6, 6.07) is 4.54. The summed E-state index contributed by atoms with van der Waals surface area (Å²) in [7, 11) is 2.18. The summed E-state index contributed by atoms with van der Waals surface area (Å²) in [5.41, 5.74) is 9.39. The number of hydrogen-bond donors (Lipinski definition) is 1. The lowest BCUT2D eigenvalue weighted by molar-refractivity contribution is 0.312. The molecule has 0 radical (unpaired) electrons. The van der Waals surface area contributed by atoms with Gasteiger partial charge in [0.25, 0.3) is 0 Å². The second-order valence-electron chi connectivity index (χ2n) is 6.34. The Hall–Kier alpha value is -2.20. The molecule has 1 aliphatic heterocycles. The Balaban J connectivity index is 1.84.